The van der Waals surface area contributed by atoms with E-state index in [1.807, 2.05) is 13.0 Å². The zero-order valence-corrected chi connectivity index (χ0v) is 12.5. The zero-order valence-electron chi connectivity index (χ0n) is 10.9. The highest BCUT2D eigenvalue weighted by molar-refractivity contribution is 9.10. The Hall–Kier alpha value is -0.540. The molecule has 2 atom stereocenters. The van der Waals surface area contributed by atoms with E-state index in [0.717, 1.165) is 16.6 Å². The van der Waals surface area contributed by atoms with E-state index in [1.54, 1.807) is 7.11 Å². The Bertz CT molecular complexity index is 353. The second-order valence-electron chi connectivity index (χ2n) is 4.82. The van der Waals surface area contributed by atoms with Crippen LogP contribution in [0.5, 0.6) is 5.75 Å². The third kappa shape index (κ3) is 4.00. The van der Waals surface area contributed by atoms with Crippen molar-refractivity contribution in [1.82, 2.24) is 0 Å². The first-order chi connectivity index (χ1) is 7.95. The number of aliphatic hydroxyl groups excluding tert-OH is 1. The number of aliphatic hydroxyl groups is 1. The Balaban J connectivity index is 2.83. The predicted octanol–water partition coefficient (Wildman–Crippen LogP) is 3.65. The number of halogens is 1. The SMILES string of the molecule is COc1ccc(CC(C(C)C)C(C)O)cc1Br. The van der Waals surface area contributed by atoms with Crippen molar-refractivity contribution in [2.24, 2.45) is 11.8 Å². The molecule has 1 rings (SSSR count). The van der Waals surface area contributed by atoms with Crippen molar-refractivity contribution >= 4 is 15.9 Å². The monoisotopic (exact) mass is 300 g/mol. The predicted molar refractivity (Wildman–Crippen MR) is 74.4 cm³/mol. The summed E-state index contributed by atoms with van der Waals surface area (Å²) in [5, 5.41) is 9.78. The fourth-order valence-corrected chi connectivity index (χ4v) is 2.66. The van der Waals surface area contributed by atoms with Gasteiger partial charge in [-0.1, -0.05) is 19.9 Å². The van der Waals surface area contributed by atoms with Crippen LogP contribution in [0, 0.1) is 11.8 Å². The van der Waals surface area contributed by atoms with Gasteiger partial charge in [-0.3, -0.25) is 0 Å². The fraction of sp³-hybridized carbons (Fsp3) is 0.571. The number of hydrogen-bond acceptors (Lipinski definition) is 2. The first kappa shape index (κ1) is 14.5. The van der Waals surface area contributed by atoms with Crippen LogP contribution < -0.4 is 4.74 Å². The van der Waals surface area contributed by atoms with Crippen LogP contribution in [0.4, 0.5) is 0 Å². The molecule has 2 nitrogen and oxygen atoms in total. The standard InChI is InChI=1S/C14H21BrO2/c1-9(2)12(10(3)16)7-11-5-6-14(17-4)13(15)8-11/h5-6,8-10,12,16H,7H2,1-4H3. The lowest BCUT2D eigenvalue weighted by Crippen LogP contribution is -2.24. The smallest absolute Gasteiger partial charge is 0.133 e. The molecule has 1 aromatic rings. The van der Waals surface area contributed by atoms with E-state index >= 15 is 0 Å². The Morgan fingerprint density at radius 1 is 1.29 bits per heavy atom. The lowest BCUT2D eigenvalue weighted by atomic mass is 9.85. The molecule has 0 aliphatic heterocycles. The van der Waals surface area contributed by atoms with Crippen LogP contribution in [-0.4, -0.2) is 18.3 Å². The second kappa shape index (κ2) is 6.41. The molecule has 0 aromatic heterocycles. The molecule has 0 amide bonds. The molecule has 1 aromatic carbocycles. The van der Waals surface area contributed by atoms with Gasteiger partial charge in [0.2, 0.25) is 0 Å². The molecule has 0 bridgehead atoms. The molecule has 1 N–H and O–H groups in total. The lowest BCUT2D eigenvalue weighted by Gasteiger charge is -2.24. The number of ether oxygens (including phenoxy) is 1. The Morgan fingerprint density at radius 3 is 2.35 bits per heavy atom. The Morgan fingerprint density at radius 2 is 1.94 bits per heavy atom. The topological polar surface area (TPSA) is 29.5 Å². The summed E-state index contributed by atoms with van der Waals surface area (Å²) in [4.78, 5) is 0. The van der Waals surface area contributed by atoms with Crippen LogP contribution in [0.2, 0.25) is 0 Å². The molecule has 17 heavy (non-hydrogen) atoms. The van der Waals surface area contributed by atoms with Crippen molar-refractivity contribution in [2.45, 2.75) is 33.3 Å². The van der Waals surface area contributed by atoms with Gasteiger partial charge in [-0.25, -0.2) is 0 Å². The fourth-order valence-electron chi connectivity index (χ4n) is 2.07. The molecule has 2 unspecified atom stereocenters. The van der Waals surface area contributed by atoms with Crippen molar-refractivity contribution in [3.8, 4) is 5.75 Å². The minimum absolute atomic E-state index is 0.282. The number of hydrogen-bond donors (Lipinski definition) is 1. The van der Waals surface area contributed by atoms with Gasteiger partial charge in [0.25, 0.3) is 0 Å². The highest BCUT2D eigenvalue weighted by atomic mass is 79.9. The number of benzene rings is 1. The van der Waals surface area contributed by atoms with E-state index < -0.39 is 0 Å². The molecule has 0 aliphatic rings. The maximum absolute atomic E-state index is 9.78. The molecule has 0 saturated heterocycles. The van der Waals surface area contributed by atoms with E-state index in [1.165, 1.54) is 5.56 Å². The highest BCUT2D eigenvalue weighted by Crippen LogP contribution is 2.28. The van der Waals surface area contributed by atoms with Gasteiger partial charge in [-0.15, -0.1) is 0 Å². The average molecular weight is 301 g/mol. The zero-order chi connectivity index (χ0) is 13.0. The van der Waals surface area contributed by atoms with Gasteiger partial charge in [-0.05, 0) is 58.8 Å². The molecule has 0 heterocycles. The number of methoxy groups -OCH3 is 1. The molecule has 0 spiro atoms. The van der Waals surface area contributed by atoms with Crippen LogP contribution in [0.25, 0.3) is 0 Å². The first-order valence-electron chi connectivity index (χ1n) is 5.96. The summed E-state index contributed by atoms with van der Waals surface area (Å²) in [5.74, 6) is 1.60. The van der Waals surface area contributed by atoms with Gasteiger partial charge in [0, 0.05) is 0 Å². The van der Waals surface area contributed by atoms with Crippen molar-refractivity contribution in [3.05, 3.63) is 28.2 Å². The summed E-state index contributed by atoms with van der Waals surface area (Å²) in [5.41, 5.74) is 1.22. The van der Waals surface area contributed by atoms with Gasteiger partial charge in [-0.2, -0.15) is 0 Å². The van der Waals surface area contributed by atoms with Gasteiger partial charge in [0.15, 0.2) is 0 Å². The highest BCUT2D eigenvalue weighted by Gasteiger charge is 2.19. The van der Waals surface area contributed by atoms with E-state index in [9.17, 15) is 5.11 Å². The Kier molecular flexibility index (Phi) is 5.47. The molecular formula is C14H21BrO2. The summed E-state index contributed by atoms with van der Waals surface area (Å²) in [6.07, 6.45) is 0.605. The number of rotatable bonds is 5. The van der Waals surface area contributed by atoms with Crippen molar-refractivity contribution < 1.29 is 9.84 Å². The third-order valence-corrected chi connectivity index (χ3v) is 3.78. The molecule has 3 heteroatoms. The van der Waals surface area contributed by atoms with E-state index in [0.29, 0.717) is 5.92 Å². The van der Waals surface area contributed by atoms with Crippen LogP contribution in [0.1, 0.15) is 26.3 Å². The van der Waals surface area contributed by atoms with Crippen LogP contribution >= 0.6 is 15.9 Å². The van der Waals surface area contributed by atoms with E-state index in [-0.39, 0.29) is 12.0 Å². The molecule has 0 saturated carbocycles. The maximum Gasteiger partial charge on any atom is 0.133 e. The third-order valence-electron chi connectivity index (χ3n) is 3.16. The Labute approximate surface area is 112 Å². The van der Waals surface area contributed by atoms with Gasteiger partial charge in [0.1, 0.15) is 5.75 Å². The van der Waals surface area contributed by atoms with Crippen LogP contribution in [0.15, 0.2) is 22.7 Å². The van der Waals surface area contributed by atoms with Crippen LogP contribution in [-0.2, 0) is 6.42 Å². The molecule has 96 valence electrons. The quantitative estimate of drug-likeness (QED) is 0.899. The normalized spacial score (nSPS) is 14.8. The summed E-state index contributed by atoms with van der Waals surface area (Å²) < 4.78 is 6.17. The van der Waals surface area contributed by atoms with Crippen molar-refractivity contribution in [2.75, 3.05) is 7.11 Å². The summed E-state index contributed by atoms with van der Waals surface area (Å²) in [6, 6.07) is 6.08. The molecule has 0 radical (unpaired) electrons. The van der Waals surface area contributed by atoms with Gasteiger partial charge >= 0.3 is 0 Å². The van der Waals surface area contributed by atoms with Crippen molar-refractivity contribution in [1.29, 1.82) is 0 Å². The summed E-state index contributed by atoms with van der Waals surface area (Å²) in [6.45, 7) is 6.16. The maximum atomic E-state index is 9.78. The lowest BCUT2D eigenvalue weighted by molar-refractivity contribution is 0.0977. The van der Waals surface area contributed by atoms with Crippen LogP contribution in [0.3, 0.4) is 0 Å². The molecule has 0 aliphatic carbocycles. The van der Waals surface area contributed by atoms with Gasteiger partial charge < -0.3 is 9.84 Å². The summed E-state index contributed by atoms with van der Waals surface area (Å²) in [7, 11) is 1.66. The minimum atomic E-state index is -0.282. The van der Waals surface area contributed by atoms with Crippen molar-refractivity contribution in [3.63, 3.8) is 0 Å². The molecular weight excluding hydrogens is 280 g/mol. The van der Waals surface area contributed by atoms with E-state index in [4.69, 9.17) is 4.74 Å². The van der Waals surface area contributed by atoms with E-state index in [2.05, 4.69) is 41.9 Å². The largest absolute Gasteiger partial charge is 0.496 e. The second-order valence-corrected chi connectivity index (χ2v) is 5.68. The van der Waals surface area contributed by atoms with Gasteiger partial charge in [0.05, 0.1) is 17.7 Å². The molecule has 0 fully saturated rings. The summed E-state index contributed by atoms with van der Waals surface area (Å²) >= 11 is 3.48. The first-order valence-corrected chi connectivity index (χ1v) is 6.75. The average Bonchev–Trinajstić information content (AvgIpc) is 2.25. The minimum Gasteiger partial charge on any atom is -0.496 e.